The van der Waals surface area contributed by atoms with Crippen LogP contribution in [0, 0.1) is 6.92 Å². The minimum atomic E-state index is -0.477. The Hall–Kier alpha value is -1.85. The molecule has 1 heterocycles. The zero-order valence-corrected chi connectivity index (χ0v) is 11.9. The Morgan fingerprint density at radius 3 is 2.75 bits per heavy atom. The second-order valence-electron chi connectivity index (χ2n) is 4.71. The molecule has 0 saturated carbocycles. The Balaban J connectivity index is 1.99. The van der Waals surface area contributed by atoms with Gasteiger partial charge in [-0.25, -0.2) is 0 Å². The molecule has 5 heteroatoms. The summed E-state index contributed by atoms with van der Waals surface area (Å²) in [5.74, 6) is 1.44. The maximum atomic E-state index is 9.53. The molecule has 5 nitrogen and oxygen atoms in total. The van der Waals surface area contributed by atoms with Crippen LogP contribution in [0.15, 0.2) is 28.8 Å². The number of benzene rings is 1. The van der Waals surface area contributed by atoms with Crippen LogP contribution in [0.25, 0.3) is 0 Å². The van der Waals surface area contributed by atoms with Crippen LogP contribution in [0.4, 0.5) is 0 Å². The second kappa shape index (κ2) is 6.54. The van der Waals surface area contributed by atoms with Crippen LogP contribution in [0.3, 0.4) is 0 Å². The molecule has 0 radical (unpaired) electrons. The molecule has 0 spiro atoms. The number of hydrogen-bond donors (Lipinski definition) is 1. The second-order valence-corrected chi connectivity index (χ2v) is 4.71. The molecule has 0 aliphatic rings. The highest BCUT2D eigenvalue weighted by molar-refractivity contribution is 5.37. The smallest absolute Gasteiger partial charge is 0.162 e. The first-order valence-corrected chi connectivity index (χ1v) is 6.45. The van der Waals surface area contributed by atoms with Crippen LogP contribution in [0.5, 0.6) is 5.75 Å². The van der Waals surface area contributed by atoms with Gasteiger partial charge in [-0.1, -0.05) is 11.2 Å². The third kappa shape index (κ3) is 3.59. The number of rotatable bonds is 6. The van der Waals surface area contributed by atoms with E-state index in [-0.39, 0.29) is 0 Å². The number of aliphatic hydroxyl groups is 1. The summed E-state index contributed by atoms with van der Waals surface area (Å²) in [6.07, 6.45) is -0.477. The predicted molar refractivity (Wildman–Crippen MR) is 73.4 cm³/mol. The van der Waals surface area contributed by atoms with E-state index in [1.165, 1.54) is 0 Å². The molecule has 0 aliphatic heterocycles. The highest BCUT2D eigenvalue weighted by Crippen LogP contribution is 2.23. The molecular formula is C15H19NO4. The van der Waals surface area contributed by atoms with E-state index in [0.29, 0.717) is 19.0 Å². The van der Waals surface area contributed by atoms with Crippen molar-refractivity contribution in [3.05, 3.63) is 46.8 Å². The zero-order chi connectivity index (χ0) is 14.5. The average molecular weight is 277 g/mol. The highest BCUT2D eigenvalue weighted by atomic mass is 16.5. The van der Waals surface area contributed by atoms with Crippen LogP contribution in [-0.4, -0.2) is 17.4 Å². The number of aryl methyl sites for hydroxylation is 1. The number of hydrogen-bond acceptors (Lipinski definition) is 5. The third-order valence-corrected chi connectivity index (χ3v) is 2.95. The van der Waals surface area contributed by atoms with Gasteiger partial charge in [-0.15, -0.1) is 0 Å². The minimum Gasteiger partial charge on any atom is -0.487 e. The van der Waals surface area contributed by atoms with Crippen LogP contribution >= 0.6 is 0 Å². The molecule has 1 N–H and O–H groups in total. The quantitative estimate of drug-likeness (QED) is 0.879. The molecule has 0 aliphatic carbocycles. The first-order valence-electron chi connectivity index (χ1n) is 6.45. The van der Waals surface area contributed by atoms with E-state index in [2.05, 4.69) is 5.16 Å². The third-order valence-electron chi connectivity index (χ3n) is 2.95. The van der Waals surface area contributed by atoms with Gasteiger partial charge < -0.3 is 19.1 Å². The maximum Gasteiger partial charge on any atom is 0.162 e. The van der Waals surface area contributed by atoms with Crippen LogP contribution in [-0.2, 0) is 18.0 Å². The molecule has 2 rings (SSSR count). The largest absolute Gasteiger partial charge is 0.487 e. The van der Waals surface area contributed by atoms with Gasteiger partial charge in [0.2, 0.25) is 0 Å². The summed E-state index contributed by atoms with van der Waals surface area (Å²) in [4.78, 5) is 0. The fourth-order valence-corrected chi connectivity index (χ4v) is 1.88. The van der Waals surface area contributed by atoms with E-state index in [9.17, 15) is 5.11 Å². The summed E-state index contributed by atoms with van der Waals surface area (Å²) >= 11 is 0. The molecule has 0 fully saturated rings. The molecule has 1 aromatic carbocycles. The van der Waals surface area contributed by atoms with Gasteiger partial charge in [-0.2, -0.15) is 0 Å². The Kier molecular flexibility index (Phi) is 4.76. The summed E-state index contributed by atoms with van der Waals surface area (Å²) in [5, 5.41) is 13.4. The van der Waals surface area contributed by atoms with Crippen molar-refractivity contribution < 1.29 is 19.1 Å². The first-order chi connectivity index (χ1) is 9.60. The maximum absolute atomic E-state index is 9.53. The number of aromatic nitrogens is 1. The van der Waals surface area contributed by atoms with E-state index in [4.69, 9.17) is 14.0 Å². The topological polar surface area (TPSA) is 64.7 Å². The van der Waals surface area contributed by atoms with Crippen LogP contribution in [0.2, 0.25) is 0 Å². The van der Waals surface area contributed by atoms with Crippen LogP contribution < -0.4 is 4.74 Å². The van der Waals surface area contributed by atoms with E-state index >= 15 is 0 Å². The fourth-order valence-electron chi connectivity index (χ4n) is 1.88. The van der Waals surface area contributed by atoms with Crippen molar-refractivity contribution >= 4 is 0 Å². The Labute approximate surface area is 118 Å². The zero-order valence-electron chi connectivity index (χ0n) is 11.9. The molecule has 1 aromatic heterocycles. The lowest BCUT2D eigenvalue weighted by molar-refractivity contribution is 0.155. The molecule has 108 valence electrons. The normalized spacial score (nSPS) is 12.4. The van der Waals surface area contributed by atoms with Gasteiger partial charge >= 0.3 is 0 Å². The number of aliphatic hydroxyl groups excluding tert-OH is 1. The minimum absolute atomic E-state index is 0.335. The van der Waals surface area contributed by atoms with Crippen molar-refractivity contribution in [3.63, 3.8) is 0 Å². The monoisotopic (exact) mass is 277 g/mol. The molecule has 0 unspecified atom stereocenters. The average Bonchev–Trinajstić information content (AvgIpc) is 2.85. The van der Waals surface area contributed by atoms with Gasteiger partial charge in [0.1, 0.15) is 24.7 Å². The molecule has 20 heavy (non-hydrogen) atoms. The van der Waals surface area contributed by atoms with Gasteiger partial charge in [0.05, 0.1) is 6.10 Å². The lowest BCUT2D eigenvalue weighted by atomic mass is 10.1. The number of nitrogens with zero attached hydrogens (tertiary/aromatic N) is 1. The van der Waals surface area contributed by atoms with Crippen molar-refractivity contribution in [2.45, 2.75) is 33.2 Å². The summed E-state index contributed by atoms with van der Waals surface area (Å²) < 4.78 is 15.8. The standard InChI is InChI=1S/C15H19NO4/c1-10-6-12(11(2)17)4-5-15(10)19-8-13-7-14(9-18-3)20-16-13/h4-7,11,17H,8-9H2,1-3H3/t11-/m1/s1. The van der Waals surface area contributed by atoms with Gasteiger partial charge in [0.15, 0.2) is 5.76 Å². The molecule has 0 saturated heterocycles. The summed E-state index contributed by atoms with van der Waals surface area (Å²) in [5.41, 5.74) is 2.57. The van der Waals surface area contributed by atoms with Crippen molar-refractivity contribution in [3.8, 4) is 5.75 Å². The summed E-state index contributed by atoms with van der Waals surface area (Å²) in [6.45, 7) is 4.42. The highest BCUT2D eigenvalue weighted by Gasteiger charge is 2.08. The van der Waals surface area contributed by atoms with Gasteiger partial charge in [0.25, 0.3) is 0 Å². The lowest BCUT2D eigenvalue weighted by Crippen LogP contribution is -1.99. The summed E-state index contributed by atoms with van der Waals surface area (Å²) in [6, 6.07) is 7.43. The van der Waals surface area contributed by atoms with E-state index in [1.807, 2.05) is 31.2 Å². The van der Waals surface area contributed by atoms with Crippen LogP contribution in [0.1, 0.15) is 35.6 Å². The fraction of sp³-hybridized carbons (Fsp3) is 0.400. The van der Waals surface area contributed by atoms with Crippen molar-refractivity contribution in [2.75, 3.05) is 7.11 Å². The molecule has 2 aromatic rings. The Bertz CT molecular complexity index is 563. The SMILES string of the molecule is COCc1cc(COc2ccc([C@@H](C)O)cc2C)no1. The number of ether oxygens (including phenoxy) is 2. The van der Waals surface area contributed by atoms with E-state index < -0.39 is 6.10 Å². The molecule has 0 amide bonds. The van der Waals surface area contributed by atoms with E-state index in [1.54, 1.807) is 14.0 Å². The van der Waals surface area contributed by atoms with E-state index in [0.717, 1.165) is 22.6 Å². The summed E-state index contributed by atoms with van der Waals surface area (Å²) in [7, 11) is 1.60. The Morgan fingerprint density at radius 2 is 2.10 bits per heavy atom. The predicted octanol–water partition coefficient (Wildman–Crippen LogP) is 2.76. The van der Waals surface area contributed by atoms with Gasteiger partial charge in [-0.3, -0.25) is 0 Å². The Morgan fingerprint density at radius 1 is 1.30 bits per heavy atom. The number of methoxy groups -OCH3 is 1. The van der Waals surface area contributed by atoms with Crippen molar-refractivity contribution in [1.82, 2.24) is 5.16 Å². The van der Waals surface area contributed by atoms with Gasteiger partial charge in [-0.05, 0) is 37.1 Å². The lowest BCUT2D eigenvalue weighted by Gasteiger charge is -2.10. The first kappa shape index (κ1) is 14.6. The molecular weight excluding hydrogens is 258 g/mol. The van der Waals surface area contributed by atoms with Crippen molar-refractivity contribution in [2.24, 2.45) is 0 Å². The van der Waals surface area contributed by atoms with Crippen molar-refractivity contribution in [1.29, 1.82) is 0 Å². The van der Waals surface area contributed by atoms with Gasteiger partial charge in [0, 0.05) is 13.2 Å². The molecule has 0 bridgehead atoms. The molecule has 1 atom stereocenters.